The molecule has 0 unspecified atom stereocenters. The van der Waals surface area contributed by atoms with Gasteiger partial charge in [-0.15, -0.1) is 6.58 Å². The normalized spacial score (nSPS) is 13.5. The molecule has 0 aromatic rings. The Balaban J connectivity index is 4.64. The number of aliphatic carboxylic acids is 1. The number of hydrogen-bond acceptors (Lipinski definition) is 3. The second-order valence-electron chi connectivity index (χ2n) is 4.11. The Morgan fingerprint density at radius 3 is 2.50 bits per heavy atom. The number of carbonyl (C=O) groups excluding carboxylic acids is 1. The lowest BCUT2D eigenvalue weighted by Crippen LogP contribution is -2.51. The van der Waals surface area contributed by atoms with Gasteiger partial charge in [0.1, 0.15) is 6.04 Å². The molecule has 0 aliphatic heterocycles. The number of nitrogens with zero attached hydrogens (tertiary/aromatic N) is 1. The molecule has 6 heteroatoms. The molecule has 0 saturated heterocycles. The van der Waals surface area contributed by atoms with Gasteiger partial charge in [0.25, 0.3) is 0 Å². The predicted octanol–water partition coefficient (Wildman–Crippen LogP) is 0.676. The third-order valence-electron chi connectivity index (χ3n) is 2.76. The van der Waals surface area contributed by atoms with Crippen LogP contribution in [0, 0.1) is 5.92 Å². The minimum Gasteiger partial charge on any atom is -0.480 e. The molecule has 0 radical (unpaired) electrons. The molecular formula is C12H22N2O4. The van der Waals surface area contributed by atoms with Crippen molar-refractivity contribution in [1.82, 2.24) is 10.2 Å². The average Bonchev–Trinajstić information content (AvgIpc) is 2.34. The van der Waals surface area contributed by atoms with Crippen LogP contribution in [0.2, 0.25) is 0 Å². The Morgan fingerprint density at radius 1 is 1.50 bits per heavy atom. The molecule has 2 amide bonds. The summed E-state index contributed by atoms with van der Waals surface area (Å²) in [5, 5.41) is 20.4. The number of carbonyl (C=O) groups is 2. The molecule has 0 bridgehead atoms. The zero-order valence-corrected chi connectivity index (χ0v) is 10.9. The lowest BCUT2D eigenvalue weighted by atomic mass is 9.99. The topological polar surface area (TPSA) is 89.9 Å². The summed E-state index contributed by atoms with van der Waals surface area (Å²) in [6.07, 6.45) is 2.17. The highest BCUT2D eigenvalue weighted by atomic mass is 16.4. The van der Waals surface area contributed by atoms with Crippen molar-refractivity contribution in [3.05, 3.63) is 12.7 Å². The molecule has 0 heterocycles. The van der Waals surface area contributed by atoms with E-state index in [9.17, 15) is 9.59 Å². The number of aliphatic hydroxyl groups excluding tert-OH is 1. The van der Waals surface area contributed by atoms with E-state index in [1.54, 1.807) is 6.92 Å². The van der Waals surface area contributed by atoms with E-state index in [0.29, 0.717) is 6.42 Å². The van der Waals surface area contributed by atoms with E-state index in [-0.39, 0.29) is 25.6 Å². The SMILES string of the molecule is C=CCN(CCO)C(=O)N[C@H](C(=O)O)[C@@H](C)CC. The van der Waals surface area contributed by atoms with Crippen molar-refractivity contribution < 1.29 is 19.8 Å². The maximum absolute atomic E-state index is 11.9. The van der Waals surface area contributed by atoms with Gasteiger partial charge in [-0.25, -0.2) is 9.59 Å². The number of carboxylic acid groups (broad SMARTS) is 1. The monoisotopic (exact) mass is 258 g/mol. The maximum Gasteiger partial charge on any atom is 0.326 e. The summed E-state index contributed by atoms with van der Waals surface area (Å²) >= 11 is 0. The summed E-state index contributed by atoms with van der Waals surface area (Å²) < 4.78 is 0. The van der Waals surface area contributed by atoms with E-state index >= 15 is 0 Å². The van der Waals surface area contributed by atoms with Crippen molar-refractivity contribution in [2.24, 2.45) is 5.92 Å². The van der Waals surface area contributed by atoms with E-state index in [0.717, 1.165) is 0 Å². The highest BCUT2D eigenvalue weighted by molar-refractivity contribution is 5.82. The standard InChI is InChI=1S/C12H22N2O4/c1-4-6-14(7-8-15)12(18)13-10(11(16)17)9(3)5-2/h4,9-10,15H,1,5-8H2,2-3H3,(H,13,18)(H,16,17)/t9-,10-/m0/s1. The predicted molar refractivity (Wildman–Crippen MR) is 68.3 cm³/mol. The summed E-state index contributed by atoms with van der Waals surface area (Å²) in [7, 11) is 0. The van der Waals surface area contributed by atoms with Gasteiger partial charge >= 0.3 is 12.0 Å². The van der Waals surface area contributed by atoms with Crippen LogP contribution in [0.15, 0.2) is 12.7 Å². The largest absolute Gasteiger partial charge is 0.480 e. The number of amides is 2. The Labute approximate surface area is 107 Å². The van der Waals surface area contributed by atoms with Gasteiger partial charge in [-0.1, -0.05) is 26.3 Å². The first-order chi connectivity index (χ1) is 8.47. The van der Waals surface area contributed by atoms with Crippen molar-refractivity contribution in [3.63, 3.8) is 0 Å². The second-order valence-corrected chi connectivity index (χ2v) is 4.11. The number of urea groups is 1. The molecule has 0 rings (SSSR count). The number of hydrogen-bond donors (Lipinski definition) is 3. The van der Waals surface area contributed by atoms with Gasteiger partial charge in [0, 0.05) is 13.1 Å². The van der Waals surface area contributed by atoms with Crippen molar-refractivity contribution in [3.8, 4) is 0 Å². The Kier molecular flexibility index (Phi) is 7.78. The highest BCUT2D eigenvalue weighted by Crippen LogP contribution is 2.08. The quantitative estimate of drug-likeness (QED) is 0.558. The molecule has 0 aliphatic rings. The molecule has 0 saturated carbocycles. The molecule has 0 spiro atoms. The first-order valence-electron chi connectivity index (χ1n) is 5.97. The first-order valence-corrected chi connectivity index (χ1v) is 5.97. The summed E-state index contributed by atoms with van der Waals surface area (Å²) in [5.74, 6) is -1.22. The van der Waals surface area contributed by atoms with Crippen LogP contribution in [0.25, 0.3) is 0 Å². The maximum atomic E-state index is 11.9. The number of aliphatic hydroxyl groups is 1. The first kappa shape index (κ1) is 16.4. The van der Waals surface area contributed by atoms with Crippen LogP contribution in [0.4, 0.5) is 4.79 Å². The Hall–Kier alpha value is -1.56. The van der Waals surface area contributed by atoms with E-state index in [2.05, 4.69) is 11.9 Å². The van der Waals surface area contributed by atoms with Gasteiger partial charge in [-0.3, -0.25) is 0 Å². The van der Waals surface area contributed by atoms with Crippen molar-refractivity contribution in [1.29, 1.82) is 0 Å². The van der Waals surface area contributed by atoms with Crippen molar-refractivity contribution >= 4 is 12.0 Å². The Bertz CT molecular complexity index is 294. The fraction of sp³-hybridized carbons (Fsp3) is 0.667. The molecule has 3 N–H and O–H groups in total. The van der Waals surface area contributed by atoms with E-state index < -0.39 is 18.0 Å². The minimum atomic E-state index is -1.06. The molecule has 2 atom stereocenters. The third-order valence-corrected chi connectivity index (χ3v) is 2.76. The third kappa shape index (κ3) is 5.18. The lowest BCUT2D eigenvalue weighted by molar-refractivity contribution is -0.140. The average molecular weight is 258 g/mol. The van der Waals surface area contributed by atoms with Crippen LogP contribution in [-0.4, -0.2) is 52.9 Å². The fourth-order valence-electron chi connectivity index (χ4n) is 1.46. The fourth-order valence-corrected chi connectivity index (χ4v) is 1.46. The van der Waals surface area contributed by atoms with Gasteiger partial charge in [0.15, 0.2) is 0 Å². The smallest absolute Gasteiger partial charge is 0.326 e. The van der Waals surface area contributed by atoms with Gasteiger partial charge in [0.05, 0.1) is 6.61 Å². The van der Waals surface area contributed by atoms with E-state index in [4.69, 9.17) is 10.2 Å². The summed E-state index contributed by atoms with van der Waals surface area (Å²) in [5.41, 5.74) is 0. The summed E-state index contributed by atoms with van der Waals surface area (Å²) in [6.45, 7) is 7.37. The molecule has 6 nitrogen and oxygen atoms in total. The van der Waals surface area contributed by atoms with Crippen LogP contribution >= 0.6 is 0 Å². The molecule has 0 aromatic heterocycles. The molecular weight excluding hydrogens is 236 g/mol. The van der Waals surface area contributed by atoms with Gasteiger partial charge < -0.3 is 20.4 Å². The molecule has 0 fully saturated rings. The molecule has 104 valence electrons. The minimum absolute atomic E-state index is 0.144. The van der Waals surface area contributed by atoms with Crippen molar-refractivity contribution in [2.45, 2.75) is 26.3 Å². The van der Waals surface area contributed by atoms with Crippen LogP contribution in [0.5, 0.6) is 0 Å². The number of nitrogens with one attached hydrogen (secondary N) is 1. The van der Waals surface area contributed by atoms with Crippen LogP contribution in [0.3, 0.4) is 0 Å². The number of carboxylic acids is 1. The zero-order valence-electron chi connectivity index (χ0n) is 10.9. The van der Waals surface area contributed by atoms with Crippen LogP contribution in [0.1, 0.15) is 20.3 Å². The lowest BCUT2D eigenvalue weighted by Gasteiger charge is -2.25. The molecule has 0 aromatic carbocycles. The summed E-state index contributed by atoms with van der Waals surface area (Å²) in [6, 6.07) is -1.43. The van der Waals surface area contributed by atoms with E-state index in [1.165, 1.54) is 11.0 Å². The molecule has 18 heavy (non-hydrogen) atoms. The summed E-state index contributed by atoms with van der Waals surface area (Å²) in [4.78, 5) is 24.2. The number of rotatable bonds is 8. The highest BCUT2D eigenvalue weighted by Gasteiger charge is 2.26. The van der Waals surface area contributed by atoms with Gasteiger partial charge in [-0.2, -0.15) is 0 Å². The second kappa shape index (κ2) is 8.52. The Morgan fingerprint density at radius 2 is 2.11 bits per heavy atom. The van der Waals surface area contributed by atoms with E-state index in [1.807, 2.05) is 6.92 Å². The van der Waals surface area contributed by atoms with Gasteiger partial charge in [-0.05, 0) is 5.92 Å². The zero-order chi connectivity index (χ0) is 14.1. The van der Waals surface area contributed by atoms with Gasteiger partial charge in [0.2, 0.25) is 0 Å². The van der Waals surface area contributed by atoms with Crippen molar-refractivity contribution in [2.75, 3.05) is 19.7 Å². The van der Waals surface area contributed by atoms with Crippen LogP contribution in [-0.2, 0) is 4.79 Å². The molecule has 0 aliphatic carbocycles. The van der Waals surface area contributed by atoms with Crippen LogP contribution < -0.4 is 5.32 Å².